The second kappa shape index (κ2) is 5.37. The van der Waals surface area contributed by atoms with Gasteiger partial charge in [0.25, 0.3) is 0 Å². The largest absolute Gasteiger partial charge is 0.390 e. The number of rotatable bonds is 4. The summed E-state index contributed by atoms with van der Waals surface area (Å²) >= 11 is 0. The van der Waals surface area contributed by atoms with Crippen LogP contribution in [0.25, 0.3) is 10.8 Å². The van der Waals surface area contributed by atoms with Crippen LogP contribution in [0.2, 0.25) is 0 Å². The Hall–Kier alpha value is -1.68. The Morgan fingerprint density at radius 1 is 1.15 bits per heavy atom. The van der Waals surface area contributed by atoms with Crippen molar-refractivity contribution in [3.05, 3.63) is 30.0 Å². The van der Waals surface area contributed by atoms with Gasteiger partial charge in [0.1, 0.15) is 0 Å². The number of fused-ring (bicyclic) bond motifs is 1. The van der Waals surface area contributed by atoms with Gasteiger partial charge in [0, 0.05) is 17.3 Å². The minimum Gasteiger partial charge on any atom is -0.390 e. The molecule has 0 amide bonds. The van der Waals surface area contributed by atoms with E-state index in [0.29, 0.717) is 0 Å². The van der Waals surface area contributed by atoms with Crippen LogP contribution in [0.4, 0.5) is 5.82 Å². The predicted molar refractivity (Wildman–Crippen MR) is 80.8 cm³/mol. The van der Waals surface area contributed by atoms with E-state index in [4.69, 9.17) is 0 Å². The third kappa shape index (κ3) is 2.61. The van der Waals surface area contributed by atoms with Crippen LogP contribution in [-0.2, 0) is 0 Å². The smallest absolute Gasteiger partial charge is 0.156 e. The van der Waals surface area contributed by atoms with E-state index >= 15 is 0 Å². The van der Waals surface area contributed by atoms with Gasteiger partial charge in [0.15, 0.2) is 5.82 Å². The molecule has 1 heterocycles. The summed E-state index contributed by atoms with van der Waals surface area (Å²) < 4.78 is 0. The third-order valence-electron chi connectivity index (χ3n) is 4.29. The lowest BCUT2D eigenvalue weighted by atomic mass is 9.98. The van der Waals surface area contributed by atoms with Gasteiger partial charge in [-0.1, -0.05) is 37.1 Å². The molecular formula is C16H21N3O. The Morgan fingerprint density at radius 3 is 2.60 bits per heavy atom. The van der Waals surface area contributed by atoms with Crippen molar-refractivity contribution in [3.8, 4) is 0 Å². The molecule has 2 aromatic rings. The average Bonchev–Trinajstić information content (AvgIpc) is 2.89. The Kier molecular flexibility index (Phi) is 3.57. The van der Waals surface area contributed by atoms with Crippen LogP contribution in [0, 0.1) is 6.92 Å². The van der Waals surface area contributed by atoms with Gasteiger partial charge in [-0.2, -0.15) is 5.10 Å². The predicted octanol–water partition coefficient (Wildman–Crippen LogP) is 3.05. The molecular weight excluding hydrogens is 250 g/mol. The maximum absolute atomic E-state index is 10.4. The molecule has 1 saturated carbocycles. The van der Waals surface area contributed by atoms with Crippen molar-refractivity contribution in [2.24, 2.45) is 0 Å². The number of aliphatic hydroxyl groups is 1. The zero-order chi connectivity index (χ0) is 14.0. The molecule has 0 spiro atoms. The van der Waals surface area contributed by atoms with Crippen LogP contribution in [0.1, 0.15) is 37.8 Å². The van der Waals surface area contributed by atoms with E-state index in [1.54, 1.807) is 0 Å². The van der Waals surface area contributed by atoms with E-state index in [-0.39, 0.29) is 0 Å². The minimum atomic E-state index is -0.471. The SMILES string of the molecule is Cc1nnc(NCCC2(O)CCCC2)c2ccccc12. The molecule has 1 aliphatic carbocycles. The Labute approximate surface area is 119 Å². The molecule has 4 nitrogen and oxygen atoms in total. The first-order valence-corrected chi connectivity index (χ1v) is 7.36. The molecule has 0 saturated heterocycles. The summed E-state index contributed by atoms with van der Waals surface area (Å²) in [4.78, 5) is 0. The van der Waals surface area contributed by atoms with Crippen molar-refractivity contribution < 1.29 is 5.11 Å². The van der Waals surface area contributed by atoms with Crippen molar-refractivity contribution in [3.63, 3.8) is 0 Å². The van der Waals surface area contributed by atoms with Crippen LogP contribution in [0.5, 0.6) is 0 Å². The highest BCUT2D eigenvalue weighted by Gasteiger charge is 2.30. The molecule has 0 aliphatic heterocycles. The first kappa shape index (κ1) is 13.3. The quantitative estimate of drug-likeness (QED) is 0.897. The molecule has 1 aliphatic rings. The van der Waals surface area contributed by atoms with Gasteiger partial charge in [-0.15, -0.1) is 5.10 Å². The lowest BCUT2D eigenvalue weighted by Gasteiger charge is -2.22. The molecule has 1 aromatic carbocycles. The highest BCUT2D eigenvalue weighted by Crippen LogP contribution is 2.32. The van der Waals surface area contributed by atoms with Crippen LogP contribution >= 0.6 is 0 Å². The summed E-state index contributed by atoms with van der Waals surface area (Å²) in [6, 6.07) is 8.15. The number of benzene rings is 1. The zero-order valence-electron chi connectivity index (χ0n) is 11.9. The van der Waals surface area contributed by atoms with Crippen molar-refractivity contribution >= 4 is 16.6 Å². The number of hydrogen-bond acceptors (Lipinski definition) is 4. The number of nitrogens with one attached hydrogen (secondary N) is 1. The van der Waals surface area contributed by atoms with E-state index in [2.05, 4.69) is 27.6 Å². The second-order valence-electron chi connectivity index (χ2n) is 5.79. The molecule has 1 fully saturated rings. The molecule has 20 heavy (non-hydrogen) atoms. The molecule has 4 heteroatoms. The fourth-order valence-electron chi connectivity index (χ4n) is 3.07. The van der Waals surface area contributed by atoms with Gasteiger partial charge in [-0.25, -0.2) is 0 Å². The summed E-state index contributed by atoms with van der Waals surface area (Å²) in [5.41, 5.74) is 0.474. The van der Waals surface area contributed by atoms with Gasteiger partial charge in [-0.05, 0) is 26.2 Å². The lowest BCUT2D eigenvalue weighted by Crippen LogP contribution is -2.27. The molecule has 0 radical (unpaired) electrons. The average molecular weight is 271 g/mol. The molecule has 3 rings (SSSR count). The number of aromatic nitrogens is 2. The Balaban J connectivity index is 1.73. The first-order chi connectivity index (χ1) is 9.68. The lowest BCUT2D eigenvalue weighted by molar-refractivity contribution is 0.0424. The molecule has 2 N–H and O–H groups in total. The maximum atomic E-state index is 10.4. The first-order valence-electron chi connectivity index (χ1n) is 7.36. The Bertz CT molecular complexity index is 606. The van der Waals surface area contributed by atoms with Crippen molar-refractivity contribution in [1.29, 1.82) is 0 Å². The third-order valence-corrected chi connectivity index (χ3v) is 4.29. The standard InChI is InChI=1S/C16H21N3O/c1-12-13-6-2-3-7-14(13)15(19-18-12)17-11-10-16(20)8-4-5-9-16/h2-3,6-7,20H,4-5,8-11H2,1H3,(H,17,19). The maximum Gasteiger partial charge on any atom is 0.156 e. The van der Waals surface area contributed by atoms with E-state index in [0.717, 1.165) is 60.9 Å². The molecule has 0 bridgehead atoms. The van der Waals surface area contributed by atoms with Gasteiger partial charge in [-0.3, -0.25) is 0 Å². The van der Waals surface area contributed by atoms with Gasteiger partial charge in [0.05, 0.1) is 11.3 Å². The molecule has 106 valence electrons. The summed E-state index contributed by atoms with van der Waals surface area (Å²) in [7, 11) is 0. The van der Waals surface area contributed by atoms with Gasteiger partial charge < -0.3 is 10.4 Å². The van der Waals surface area contributed by atoms with Crippen LogP contribution in [0.3, 0.4) is 0 Å². The number of nitrogens with zero attached hydrogens (tertiary/aromatic N) is 2. The number of aryl methyl sites for hydroxylation is 1. The van der Waals surface area contributed by atoms with Crippen LogP contribution < -0.4 is 5.32 Å². The highest BCUT2D eigenvalue weighted by atomic mass is 16.3. The van der Waals surface area contributed by atoms with Crippen molar-refractivity contribution in [2.75, 3.05) is 11.9 Å². The van der Waals surface area contributed by atoms with Crippen molar-refractivity contribution in [1.82, 2.24) is 10.2 Å². The second-order valence-corrected chi connectivity index (χ2v) is 5.79. The molecule has 0 unspecified atom stereocenters. The number of anilines is 1. The summed E-state index contributed by atoms with van der Waals surface area (Å²) in [6.45, 7) is 2.71. The minimum absolute atomic E-state index is 0.471. The molecule has 0 atom stereocenters. The molecule has 1 aromatic heterocycles. The van der Waals surface area contributed by atoms with Crippen molar-refractivity contribution in [2.45, 2.75) is 44.6 Å². The highest BCUT2D eigenvalue weighted by molar-refractivity contribution is 5.92. The summed E-state index contributed by atoms with van der Waals surface area (Å²) in [6.07, 6.45) is 4.91. The van der Waals surface area contributed by atoms with Gasteiger partial charge >= 0.3 is 0 Å². The fraction of sp³-hybridized carbons (Fsp3) is 0.500. The fourth-order valence-corrected chi connectivity index (χ4v) is 3.07. The van der Waals surface area contributed by atoms with E-state index in [9.17, 15) is 5.11 Å². The van der Waals surface area contributed by atoms with Gasteiger partial charge in [0.2, 0.25) is 0 Å². The van der Waals surface area contributed by atoms with Crippen LogP contribution in [-0.4, -0.2) is 27.4 Å². The Morgan fingerprint density at radius 2 is 1.85 bits per heavy atom. The van der Waals surface area contributed by atoms with E-state index in [1.165, 1.54) is 0 Å². The monoisotopic (exact) mass is 271 g/mol. The van der Waals surface area contributed by atoms with E-state index < -0.39 is 5.60 Å². The normalized spacial score (nSPS) is 17.5. The van der Waals surface area contributed by atoms with Crippen LogP contribution in [0.15, 0.2) is 24.3 Å². The zero-order valence-corrected chi connectivity index (χ0v) is 11.9. The number of hydrogen-bond donors (Lipinski definition) is 2. The summed E-state index contributed by atoms with van der Waals surface area (Å²) in [5.74, 6) is 0.813. The summed E-state index contributed by atoms with van der Waals surface area (Å²) in [5, 5.41) is 24.4. The topological polar surface area (TPSA) is 58.0 Å². The van der Waals surface area contributed by atoms with E-state index in [1.807, 2.05) is 19.1 Å².